The SMILES string of the molecule is N#Cc1cc(C(N)C(N)=O)ccc1F. The van der Waals surface area contributed by atoms with E-state index in [9.17, 15) is 9.18 Å². The lowest BCUT2D eigenvalue weighted by Crippen LogP contribution is -2.28. The van der Waals surface area contributed by atoms with Crippen LogP contribution in [0.25, 0.3) is 0 Å². The van der Waals surface area contributed by atoms with Crippen LogP contribution in [0, 0.1) is 17.1 Å². The summed E-state index contributed by atoms with van der Waals surface area (Å²) >= 11 is 0. The van der Waals surface area contributed by atoms with Crippen molar-refractivity contribution in [3.8, 4) is 6.07 Å². The van der Waals surface area contributed by atoms with Gasteiger partial charge in [-0.1, -0.05) is 6.07 Å². The fourth-order valence-electron chi connectivity index (χ4n) is 0.986. The molecule has 14 heavy (non-hydrogen) atoms. The monoisotopic (exact) mass is 193 g/mol. The molecular formula is C9H8FN3O. The number of hydrogen-bond donors (Lipinski definition) is 2. The van der Waals surface area contributed by atoms with Gasteiger partial charge < -0.3 is 11.5 Å². The van der Waals surface area contributed by atoms with Gasteiger partial charge in [0.15, 0.2) is 0 Å². The van der Waals surface area contributed by atoms with Crippen LogP contribution in [0.15, 0.2) is 18.2 Å². The molecule has 0 bridgehead atoms. The van der Waals surface area contributed by atoms with Gasteiger partial charge in [0.25, 0.3) is 0 Å². The molecule has 1 unspecified atom stereocenters. The average molecular weight is 193 g/mol. The zero-order chi connectivity index (χ0) is 10.7. The van der Waals surface area contributed by atoms with Crippen molar-refractivity contribution < 1.29 is 9.18 Å². The van der Waals surface area contributed by atoms with Gasteiger partial charge in [0.1, 0.15) is 17.9 Å². The molecule has 1 aromatic carbocycles. The topological polar surface area (TPSA) is 92.9 Å². The van der Waals surface area contributed by atoms with E-state index in [-0.39, 0.29) is 5.56 Å². The van der Waals surface area contributed by atoms with Crippen LogP contribution in [-0.2, 0) is 4.79 Å². The molecule has 0 aromatic heterocycles. The van der Waals surface area contributed by atoms with Crippen molar-refractivity contribution >= 4 is 5.91 Å². The minimum absolute atomic E-state index is 0.154. The van der Waals surface area contributed by atoms with Gasteiger partial charge in [0.2, 0.25) is 5.91 Å². The van der Waals surface area contributed by atoms with Crippen molar-refractivity contribution in [1.29, 1.82) is 5.26 Å². The molecule has 1 amide bonds. The third-order valence-electron chi connectivity index (χ3n) is 1.78. The van der Waals surface area contributed by atoms with Gasteiger partial charge in [0, 0.05) is 0 Å². The van der Waals surface area contributed by atoms with E-state index in [0.29, 0.717) is 5.56 Å². The molecular weight excluding hydrogens is 185 g/mol. The molecule has 0 aliphatic carbocycles. The number of nitrogens with zero attached hydrogens (tertiary/aromatic N) is 1. The Balaban J connectivity index is 3.14. The average Bonchev–Trinajstić information content (AvgIpc) is 2.17. The molecule has 0 spiro atoms. The molecule has 0 aliphatic rings. The Morgan fingerprint density at radius 3 is 2.71 bits per heavy atom. The van der Waals surface area contributed by atoms with Crippen LogP contribution in [-0.4, -0.2) is 5.91 Å². The first kappa shape index (κ1) is 10.2. The fraction of sp³-hybridized carbons (Fsp3) is 0.111. The molecule has 0 radical (unpaired) electrons. The standard InChI is InChI=1S/C9H8FN3O/c10-7-2-1-5(3-6(7)4-11)8(12)9(13)14/h1-3,8H,12H2,(H2,13,14). The predicted molar refractivity (Wildman–Crippen MR) is 47.2 cm³/mol. The Morgan fingerprint density at radius 1 is 1.57 bits per heavy atom. The zero-order valence-corrected chi connectivity index (χ0v) is 7.20. The lowest BCUT2D eigenvalue weighted by molar-refractivity contribution is -0.119. The van der Waals surface area contributed by atoms with Crippen LogP contribution in [0.5, 0.6) is 0 Å². The largest absolute Gasteiger partial charge is 0.368 e. The summed E-state index contributed by atoms with van der Waals surface area (Å²) < 4.78 is 12.9. The second kappa shape index (κ2) is 3.85. The first-order chi connectivity index (χ1) is 6.56. The number of halogens is 1. The Bertz CT molecular complexity index is 411. The molecule has 1 rings (SSSR count). The van der Waals surface area contributed by atoms with Gasteiger partial charge >= 0.3 is 0 Å². The Morgan fingerprint density at radius 2 is 2.21 bits per heavy atom. The molecule has 4 N–H and O–H groups in total. The number of benzene rings is 1. The van der Waals surface area contributed by atoms with Crippen LogP contribution in [0.2, 0.25) is 0 Å². The smallest absolute Gasteiger partial charge is 0.238 e. The second-order valence-electron chi connectivity index (χ2n) is 2.73. The van der Waals surface area contributed by atoms with Crippen LogP contribution in [0.1, 0.15) is 17.2 Å². The minimum Gasteiger partial charge on any atom is -0.368 e. The van der Waals surface area contributed by atoms with E-state index in [1.54, 1.807) is 6.07 Å². The van der Waals surface area contributed by atoms with E-state index in [1.807, 2.05) is 0 Å². The molecule has 0 heterocycles. The van der Waals surface area contributed by atoms with Crippen molar-refractivity contribution in [1.82, 2.24) is 0 Å². The van der Waals surface area contributed by atoms with Gasteiger partial charge in [-0.2, -0.15) is 5.26 Å². The molecule has 0 saturated carbocycles. The predicted octanol–water partition coefficient (Wildman–Crippen LogP) is 0.182. The summed E-state index contributed by atoms with van der Waals surface area (Å²) in [4.78, 5) is 10.7. The Kier molecular flexibility index (Phi) is 2.79. The summed E-state index contributed by atoms with van der Waals surface area (Å²) in [6.07, 6.45) is 0. The minimum atomic E-state index is -1.01. The maximum atomic E-state index is 12.9. The third kappa shape index (κ3) is 1.87. The molecule has 4 nitrogen and oxygen atoms in total. The highest BCUT2D eigenvalue weighted by Crippen LogP contribution is 2.14. The number of rotatable bonds is 2. The first-order valence-electron chi connectivity index (χ1n) is 3.80. The van der Waals surface area contributed by atoms with Crippen molar-refractivity contribution in [2.75, 3.05) is 0 Å². The maximum absolute atomic E-state index is 12.9. The molecule has 0 fully saturated rings. The van der Waals surface area contributed by atoms with E-state index in [4.69, 9.17) is 16.7 Å². The number of nitrogens with two attached hydrogens (primary N) is 2. The van der Waals surface area contributed by atoms with E-state index < -0.39 is 17.8 Å². The van der Waals surface area contributed by atoms with Crippen LogP contribution >= 0.6 is 0 Å². The molecule has 1 aromatic rings. The highest BCUT2D eigenvalue weighted by molar-refractivity contribution is 5.81. The number of carbonyl (C=O) groups is 1. The fourth-order valence-corrected chi connectivity index (χ4v) is 0.986. The summed E-state index contributed by atoms with van der Waals surface area (Å²) in [6, 6.07) is 4.25. The lowest BCUT2D eigenvalue weighted by Gasteiger charge is -2.07. The summed E-state index contributed by atoms with van der Waals surface area (Å²) in [5.41, 5.74) is 10.5. The van der Waals surface area contributed by atoms with E-state index in [2.05, 4.69) is 0 Å². The van der Waals surface area contributed by atoms with Gasteiger partial charge in [-0.15, -0.1) is 0 Å². The summed E-state index contributed by atoms with van der Waals surface area (Å²) in [5, 5.41) is 8.52. The number of nitriles is 1. The highest BCUT2D eigenvalue weighted by Gasteiger charge is 2.13. The normalized spacial score (nSPS) is 11.8. The highest BCUT2D eigenvalue weighted by atomic mass is 19.1. The second-order valence-corrected chi connectivity index (χ2v) is 2.73. The number of hydrogen-bond acceptors (Lipinski definition) is 3. The molecule has 72 valence electrons. The quantitative estimate of drug-likeness (QED) is 0.701. The number of carbonyl (C=O) groups excluding carboxylic acids is 1. The van der Waals surface area contributed by atoms with E-state index >= 15 is 0 Å². The molecule has 0 aliphatic heterocycles. The first-order valence-corrected chi connectivity index (χ1v) is 3.80. The summed E-state index contributed by atoms with van der Waals surface area (Å²) in [7, 11) is 0. The Labute approximate surface area is 79.9 Å². The maximum Gasteiger partial charge on any atom is 0.238 e. The van der Waals surface area contributed by atoms with Crippen molar-refractivity contribution in [3.05, 3.63) is 35.1 Å². The van der Waals surface area contributed by atoms with E-state index in [0.717, 1.165) is 6.07 Å². The molecule has 0 saturated heterocycles. The van der Waals surface area contributed by atoms with Gasteiger partial charge in [-0.3, -0.25) is 4.79 Å². The van der Waals surface area contributed by atoms with Crippen LogP contribution in [0.3, 0.4) is 0 Å². The summed E-state index contributed by atoms with van der Waals surface area (Å²) in [5.74, 6) is -1.37. The van der Waals surface area contributed by atoms with Crippen LogP contribution < -0.4 is 11.5 Å². The Hall–Kier alpha value is -1.93. The number of amides is 1. The van der Waals surface area contributed by atoms with Crippen LogP contribution in [0.4, 0.5) is 4.39 Å². The van der Waals surface area contributed by atoms with Gasteiger partial charge in [-0.05, 0) is 17.7 Å². The lowest BCUT2D eigenvalue weighted by atomic mass is 10.0. The van der Waals surface area contributed by atoms with E-state index in [1.165, 1.54) is 12.1 Å². The van der Waals surface area contributed by atoms with Gasteiger partial charge in [0.05, 0.1) is 5.56 Å². The molecule has 5 heteroatoms. The number of primary amides is 1. The molecule has 1 atom stereocenters. The summed E-state index contributed by atoms with van der Waals surface area (Å²) in [6.45, 7) is 0. The van der Waals surface area contributed by atoms with Gasteiger partial charge in [-0.25, -0.2) is 4.39 Å². The zero-order valence-electron chi connectivity index (χ0n) is 7.20. The van der Waals surface area contributed by atoms with Crippen molar-refractivity contribution in [2.24, 2.45) is 11.5 Å². The van der Waals surface area contributed by atoms with Crippen molar-refractivity contribution in [3.63, 3.8) is 0 Å². The third-order valence-corrected chi connectivity index (χ3v) is 1.78. The van der Waals surface area contributed by atoms with Crippen molar-refractivity contribution in [2.45, 2.75) is 6.04 Å².